The molecule has 0 unspecified atom stereocenters. The van der Waals surface area contributed by atoms with Crippen LogP contribution in [0.15, 0.2) is 42.5 Å². The fourth-order valence-electron chi connectivity index (χ4n) is 2.64. The van der Waals surface area contributed by atoms with Gasteiger partial charge in [-0.15, -0.1) is 0 Å². The maximum Gasteiger partial charge on any atom is 0.328 e. The molecule has 1 atom stereocenters. The van der Waals surface area contributed by atoms with Crippen molar-refractivity contribution in [1.82, 2.24) is 0 Å². The second-order valence-corrected chi connectivity index (χ2v) is 6.06. The fourth-order valence-corrected chi connectivity index (χ4v) is 2.64. The molecule has 7 nitrogen and oxygen atoms in total. The molecule has 0 aromatic heterocycles. The molecule has 152 valence electrons. The Bertz CT molecular complexity index is 945. The number of hydrogen-bond donors (Lipinski definition) is 1. The van der Waals surface area contributed by atoms with Gasteiger partial charge >= 0.3 is 5.97 Å². The largest absolute Gasteiger partial charge is 0.493 e. The van der Waals surface area contributed by atoms with E-state index in [4.69, 9.17) is 24.7 Å². The number of methoxy groups -OCH3 is 2. The molecule has 2 rings (SSSR count). The summed E-state index contributed by atoms with van der Waals surface area (Å²) in [7, 11) is 3.04. The number of rotatable bonds is 8. The summed E-state index contributed by atoms with van der Waals surface area (Å²) in [6.45, 7) is 3.88. The summed E-state index contributed by atoms with van der Waals surface area (Å²) in [5.41, 5.74) is 7.61. The Morgan fingerprint density at radius 2 is 1.62 bits per heavy atom. The third kappa shape index (κ3) is 5.27. The van der Waals surface area contributed by atoms with Crippen LogP contribution in [0.2, 0.25) is 0 Å². The number of nitrogens with zero attached hydrogens (tertiary/aromatic N) is 1. The topological polar surface area (TPSA) is 104 Å². The number of hydrogen-bond acceptors (Lipinski definition) is 7. The first-order valence-electron chi connectivity index (χ1n) is 9.01. The minimum Gasteiger partial charge on any atom is -0.493 e. The summed E-state index contributed by atoms with van der Waals surface area (Å²) < 4.78 is 21.6. The summed E-state index contributed by atoms with van der Waals surface area (Å²) in [6.07, 6.45) is 1.41. The van der Waals surface area contributed by atoms with Gasteiger partial charge in [0.2, 0.25) is 0 Å². The van der Waals surface area contributed by atoms with Crippen LogP contribution in [-0.4, -0.2) is 32.8 Å². The molecule has 2 N–H and O–H groups in total. The van der Waals surface area contributed by atoms with Crippen molar-refractivity contribution in [3.63, 3.8) is 0 Å². The Hall–Kier alpha value is -3.50. The number of nitrogens with two attached hydrogens (primary N) is 1. The van der Waals surface area contributed by atoms with E-state index < -0.39 is 12.0 Å². The number of ether oxygens (including phenoxy) is 4. The van der Waals surface area contributed by atoms with E-state index in [9.17, 15) is 10.1 Å². The van der Waals surface area contributed by atoms with Crippen LogP contribution >= 0.6 is 0 Å². The molecule has 0 amide bonds. The van der Waals surface area contributed by atoms with E-state index in [1.54, 1.807) is 37.4 Å². The quantitative estimate of drug-likeness (QED) is 0.415. The average Bonchev–Trinajstić information content (AvgIpc) is 2.72. The van der Waals surface area contributed by atoms with Gasteiger partial charge in [0.25, 0.3) is 0 Å². The molecule has 2 aromatic rings. The molecular formula is C22H24N2O5. The smallest absolute Gasteiger partial charge is 0.328 e. The zero-order chi connectivity index (χ0) is 21.4. The molecule has 0 heterocycles. The van der Waals surface area contributed by atoms with Gasteiger partial charge in [-0.2, -0.15) is 5.26 Å². The minimum absolute atomic E-state index is 0.217. The number of esters is 1. The molecule has 29 heavy (non-hydrogen) atoms. The zero-order valence-electron chi connectivity index (χ0n) is 16.9. The number of carbonyl (C=O) groups is 1. The molecule has 0 aliphatic carbocycles. The predicted molar refractivity (Wildman–Crippen MR) is 109 cm³/mol. The van der Waals surface area contributed by atoms with Crippen LogP contribution in [0.5, 0.6) is 23.0 Å². The predicted octanol–water partition coefficient (Wildman–Crippen LogP) is 3.31. The van der Waals surface area contributed by atoms with Crippen molar-refractivity contribution in [2.24, 2.45) is 5.73 Å². The lowest BCUT2D eigenvalue weighted by atomic mass is 9.97. The van der Waals surface area contributed by atoms with Crippen molar-refractivity contribution in [2.45, 2.75) is 19.9 Å². The molecule has 0 fully saturated rings. The van der Waals surface area contributed by atoms with Crippen LogP contribution in [0.1, 0.15) is 25.0 Å². The Morgan fingerprint density at radius 1 is 1.07 bits per heavy atom. The van der Waals surface area contributed by atoms with Gasteiger partial charge in [-0.05, 0) is 54.8 Å². The van der Waals surface area contributed by atoms with Gasteiger partial charge < -0.3 is 24.7 Å². The van der Waals surface area contributed by atoms with Gasteiger partial charge in [-0.3, -0.25) is 0 Å². The Balaban J connectivity index is 2.54. The average molecular weight is 396 g/mol. The van der Waals surface area contributed by atoms with Crippen LogP contribution in [-0.2, 0) is 4.79 Å². The highest BCUT2D eigenvalue weighted by Crippen LogP contribution is 2.36. The normalized spacial score (nSPS) is 11.9. The highest BCUT2D eigenvalue weighted by atomic mass is 16.6. The fraction of sp³-hybridized carbons (Fsp3) is 0.273. The Labute approximate surface area is 170 Å². The number of nitriles is 1. The van der Waals surface area contributed by atoms with Gasteiger partial charge in [-0.25, -0.2) is 4.79 Å². The van der Waals surface area contributed by atoms with Crippen molar-refractivity contribution < 1.29 is 23.7 Å². The number of carbonyl (C=O) groups excluding carboxylic acids is 1. The first-order chi connectivity index (χ1) is 13.9. The lowest BCUT2D eigenvalue weighted by Gasteiger charge is -2.15. The lowest BCUT2D eigenvalue weighted by Crippen LogP contribution is -2.31. The van der Waals surface area contributed by atoms with E-state index in [1.807, 2.05) is 13.0 Å². The van der Waals surface area contributed by atoms with Crippen molar-refractivity contribution in [3.8, 4) is 29.1 Å². The maximum absolute atomic E-state index is 11.9. The van der Waals surface area contributed by atoms with Crippen LogP contribution in [0.4, 0.5) is 0 Å². The SMILES string of the molecule is CCOc1cc(C(=CC#N)c2ccc(OC)c(OC(=O)[C@H](C)N)c2)ccc1OC. The summed E-state index contributed by atoms with van der Waals surface area (Å²) in [5, 5.41) is 9.31. The van der Waals surface area contributed by atoms with Gasteiger partial charge in [0, 0.05) is 6.08 Å². The standard InChI is InChI=1S/C22H24N2O5/c1-5-28-20-12-15(6-8-18(20)26-3)17(10-11-23)16-7-9-19(27-4)21(13-16)29-22(25)14(2)24/h6-10,12-14H,5,24H2,1-4H3/t14-/m0/s1. The van der Waals surface area contributed by atoms with Crippen LogP contribution < -0.4 is 24.7 Å². The van der Waals surface area contributed by atoms with Crippen molar-refractivity contribution in [1.29, 1.82) is 5.26 Å². The first-order valence-corrected chi connectivity index (χ1v) is 9.01. The second-order valence-electron chi connectivity index (χ2n) is 6.06. The van der Waals surface area contributed by atoms with E-state index in [1.165, 1.54) is 20.1 Å². The monoisotopic (exact) mass is 396 g/mol. The van der Waals surface area contributed by atoms with Crippen LogP contribution in [0.3, 0.4) is 0 Å². The van der Waals surface area contributed by atoms with Crippen LogP contribution in [0.25, 0.3) is 5.57 Å². The van der Waals surface area contributed by atoms with Crippen molar-refractivity contribution >= 4 is 11.5 Å². The molecular weight excluding hydrogens is 372 g/mol. The van der Waals surface area contributed by atoms with E-state index >= 15 is 0 Å². The van der Waals surface area contributed by atoms with Crippen molar-refractivity contribution in [3.05, 3.63) is 53.6 Å². The molecule has 2 aromatic carbocycles. The molecule has 0 aliphatic rings. The molecule has 0 spiro atoms. The molecule has 0 aliphatic heterocycles. The molecule has 7 heteroatoms. The first kappa shape index (κ1) is 21.8. The van der Waals surface area contributed by atoms with Gasteiger partial charge in [0.05, 0.1) is 26.9 Å². The number of benzene rings is 2. The second kappa shape index (κ2) is 10.2. The summed E-state index contributed by atoms with van der Waals surface area (Å²) in [6, 6.07) is 11.7. The third-order valence-electron chi connectivity index (χ3n) is 4.04. The molecule has 0 saturated carbocycles. The Kier molecular flexibility index (Phi) is 7.63. The zero-order valence-corrected chi connectivity index (χ0v) is 16.9. The Morgan fingerprint density at radius 3 is 2.10 bits per heavy atom. The highest BCUT2D eigenvalue weighted by molar-refractivity contribution is 5.84. The van der Waals surface area contributed by atoms with Gasteiger partial charge in [-0.1, -0.05) is 12.1 Å². The van der Waals surface area contributed by atoms with E-state index in [0.717, 1.165) is 5.56 Å². The molecule has 0 saturated heterocycles. The molecule has 0 bridgehead atoms. The van der Waals surface area contributed by atoms with E-state index in [0.29, 0.717) is 35.0 Å². The number of allylic oxidation sites excluding steroid dienone is 1. The summed E-state index contributed by atoms with van der Waals surface area (Å²) in [5.74, 6) is 1.16. The van der Waals surface area contributed by atoms with Crippen LogP contribution in [0, 0.1) is 11.3 Å². The summed E-state index contributed by atoms with van der Waals surface area (Å²) >= 11 is 0. The third-order valence-corrected chi connectivity index (χ3v) is 4.04. The van der Waals surface area contributed by atoms with Gasteiger partial charge in [0.15, 0.2) is 23.0 Å². The van der Waals surface area contributed by atoms with Crippen molar-refractivity contribution in [2.75, 3.05) is 20.8 Å². The van der Waals surface area contributed by atoms with E-state index in [2.05, 4.69) is 6.07 Å². The molecule has 0 radical (unpaired) electrons. The minimum atomic E-state index is -0.784. The maximum atomic E-state index is 11.9. The lowest BCUT2D eigenvalue weighted by molar-refractivity contribution is -0.135. The highest BCUT2D eigenvalue weighted by Gasteiger charge is 2.17. The van der Waals surface area contributed by atoms with E-state index in [-0.39, 0.29) is 5.75 Å². The summed E-state index contributed by atoms with van der Waals surface area (Å²) in [4.78, 5) is 11.9. The van der Waals surface area contributed by atoms with Gasteiger partial charge in [0.1, 0.15) is 6.04 Å².